The molecule has 2 aliphatic heterocycles. The number of amides is 1. The van der Waals surface area contributed by atoms with Crippen molar-refractivity contribution in [1.29, 1.82) is 0 Å². The number of benzene rings is 1. The summed E-state index contributed by atoms with van der Waals surface area (Å²) < 4.78 is 4.88. The van der Waals surface area contributed by atoms with Crippen molar-refractivity contribution >= 4 is 11.9 Å². The van der Waals surface area contributed by atoms with Crippen LogP contribution in [0.15, 0.2) is 42.1 Å². The summed E-state index contributed by atoms with van der Waals surface area (Å²) in [6.45, 7) is 4.02. The third-order valence-corrected chi connectivity index (χ3v) is 4.03. The zero-order valence-corrected chi connectivity index (χ0v) is 12.4. The smallest absolute Gasteiger partial charge is 0.337 e. The van der Waals surface area contributed by atoms with E-state index in [1.54, 1.807) is 11.2 Å². The lowest BCUT2D eigenvalue weighted by Crippen LogP contribution is -2.44. The Labute approximate surface area is 123 Å². The van der Waals surface area contributed by atoms with Crippen LogP contribution in [0.3, 0.4) is 0 Å². The predicted octanol–water partition coefficient (Wildman–Crippen LogP) is 2.03. The van der Waals surface area contributed by atoms with Gasteiger partial charge >= 0.3 is 5.97 Å². The van der Waals surface area contributed by atoms with Gasteiger partial charge in [-0.25, -0.2) is 9.80 Å². The zero-order valence-electron chi connectivity index (χ0n) is 12.4. The van der Waals surface area contributed by atoms with Gasteiger partial charge < -0.3 is 4.74 Å². The molecular formula is C16H18N2O3. The average Bonchev–Trinajstić information content (AvgIpc) is 2.97. The van der Waals surface area contributed by atoms with E-state index in [2.05, 4.69) is 0 Å². The first-order valence-electron chi connectivity index (χ1n) is 6.92. The topological polar surface area (TPSA) is 49.9 Å². The van der Waals surface area contributed by atoms with Gasteiger partial charge in [-0.15, -0.1) is 0 Å². The van der Waals surface area contributed by atoms with Gasteiger partial charge in [0.1, 0.15) is 0 Å². The van der Waals surface area contributed by atoms with Crippen molar-refractivity contribution in [1.82, 2.24) is 10.0 Å². The summed E-state index contributed by atoms with van der Waals surface area (Å²) >= 11 is 0. The molecule has 1 aromatic carbocycles. The molecule has 1 unspecified atom stereocenters. The minimum Gasteiger partial charge on any atom is -0.466 e. The number of hydrazine groups is 1. The second-order valence-electron chi connectivity index (χ2n) is 5.96. The van der Waals surface area contributed by atoms with Gasteiger partial charge in [-0.2, -0.15) is 5.01 Å². The molecule has 5 heteroatoms. The fraction of sp³-hybridized carbons (Fsp3) is 0.375. The van der Waals surface area contributed by atoms with E-state index >= 15 is 0 Å². The second kappa shape index (κ2) is 4.70. The van der Waals surface area contributed by atoms with Crippen molar-refractivity contribution in [2.24, 2.45) is 0 Å². The number of nitrogens with zero attached hydrogens (tertiary/aromatic N) is 2. The highest BCUT2D eigenvalue weighted by atomic mass is 16.5. The molecule has 5 nitrogen and oxygen atoms in total. The van der Waals surface area contributed by atoms with Crippen LogP contribution in [0.4, 0.5) is 0 Å². The van der Waals surface area contributed by atoms with Crippen LogP contribution >= 0.6 is 0 Å². The van der Waals surface area contributed by atoms with Gasteiger partial charge in [-0.3, -0.25) is 4.79 Å². The highest BCUT2D eigenvalue weighted by molar-refractivity contribution is 5.93. The Balaban J connectivity index is 2.11. The number of hydrogen-bond donors (Lipinski definition) is 0. The molecule has 21 heavy (non-hydrogen) atoms. The van der Waals surface area contributed by atoms with Crippen LogP contribution < -0.4 is 0 Å². The first-order chi connectivity index (χ1) is 9.95. The normalized spacial score (nSPS) is 24.0. The van der Waals surface area contributed by atoms with Crippen LogP contribution in [0.1, 0.15) is 31.9 Å². The number of methoxy groups -OCH3 is 1. The van der Waals surface area contributed by atoms with Gasteiger partial charge in [0.25, 0.3) is 0 Å². The molecule has 1 amide bonds. The number of fused-ring (bicyclic) bond motifs is 1. The van der Waals surface area contributed by atoms with E-state index in [4.69, 9.17) is 4.74 Å². The van der Waals surface area contributed by atoms with E-state index < -0.39 is 5.97 Å². The van der Waals surface area contributed by atoms with Crippen molar-refractivity contribution in [3.05, 3.63) is 47.7 Å². The largest absolute Gasteiger partial charge is 0.466 e. The predicted molar refractivity (Wildman–Crippen MR) is 76.7 cm³/mol. The molecule has 0 N–H and O–H groups in total. The van der Waals surface area contributed by atoms with Crippen molar-refractivity contribution in [3.63, 3.8) is 0 Å². The Morgan fingerprint density at radius 1 is 1.29 bits per heavy atom. The van der Waals surface area contributed by atoms with Crippen LogP contribution in [-0.4, -0.2) is 34.5 Å². The van der Waals surface area contributed by atoms with E-state index in [9.17, 15) is 9.59 Å². The Morgan fingerprint density at radius 3 is 2.57 bits per heavy atom. The summed E-state index contributed by atoms with van der Waals surface area (Å²) in [7, 11) is 1.36. The van der Waals surface area contributed by atoms with Gasteiger partial charge in [0.15, 0.2) is 0 Å². The molecule has 1 atom stereocenters. The van der Waals surface area contributed by atoms with Crippen LogP contribution in [0.5, 0.6) is 0 Å². The van der Waals surface area contributed by atoms with E-state index in [-0.39, 0.29) is 17.5 Å². The van der Waals surface area contributed by atoms with E-state index in [1.165, 1.54) is 7.11 Å². The number of carbonyl (C=O) groups excluding carboxylic acids is 2. The van der Waals surface area contributed by atoms with Gasteiger partial charge in [0.2, 0.25) is 5.91 Å². The number of ether oxygens (including phenoxy) is 1. The minimum absolute atomic E-state index is 0.000154. The van der Waals surface area contributed by atoms with E-state index in [0.29, 0.717) is 12.0 Å². The molecule has 0 radical (unpaired) electrons. The molecule has 0 spiro atoms. The molecule has 0 saturated carbocycles. The first-order valence-corrected chi connectivity index (χ1v) is 6.92. The molecule has 0 bridgehead atoms. The number of rotatable bonds is 2. The summed E-state index contributed by atoms with van der Waals surface area (Å²) in [6.07, 6.45) is 2.04. The lowest BCUT2D eigenvalue weighted by molar-refractivity contribution is -0.138. The third kappa shape index (κ3) is 2.05. The second-order valence-corrected chi connectivity index (χ2v) is 5.96. The number of carbonyl (C=O) groups is 2. The molecule has 2 heterocycles. The molecular weight excluding hydrogens is 268 g/mol. The number of esters is 1. The SMILES string of the molecule is COC(=O)C1=CN2C(=O)CC(C)(C)N2C1c1ccccc1. The minimum atomic E-state index is -0.401. The van der Waals surface area contributed by atoms with Crippen LogP contribution in [0, 0.1) is 0 Å². The molecule has 0 aromatic heterocycles. The zero-order chi connectivity index (χ0) is 15.2. The van der Waals surface area contributed by atoms with Gasteiger partial charge in [0, 0.05) is 18.2 Å². The number of hydrogen-bond acceptors (Lipinski definition) is 4. The summed E-state index contributed by atoms with van der Waals surface area (Å²) in [5, 5.41) is 3.53. The van der Waals surface area contributed by atoms with Crippen molar-refractivity contribution in [2.75, 3.05) is 7.11 Å². The summed E-state index contributed by atoms with van der Waals surface area (Å²) in [5.74, 6) is -0.401. The van der Waals surface area contributed by atoms with Crippen molar-refractivity contribution < 1.29 is 14.3 Å². The van der Waals surface area contributed by atoms with E-state index in [1.807, 2.05) is 49.2 Å². The lowest BCUT2D eigenvalue weighted by atomic mass is 9.93. The van der Waals surface area contributed by atoms with E-state index in [0.717, 1.165) is 5.56 Å². The summed E-state index contributed by atoms with van der Waals surface area (Å²) in [6, 6.07) is 9.42. The monoisotopic (exact) mass is 286 g/mol. The average molecular weight is 286 g/mol. The maximum absolute atomic E-state index is 12.2. The molecule has 3 rings (SSSR count). The van der Waals surface area contributed by atoms with Gasteiger partial charge in [0.05, 0.1) is 18.7 Å². The lowest BCUT2D eigenvalue weighted by Gasteiger charge is -2.36. The van der Waals surface area contributed by atoms with Gasteiger partial charge in [-0.1, -0.05) is 30.3 Å². The Bertz CT molecular complexity index is 622. The van der Waals surface area contributed by atoms with Crippen molar-refractivity contribution in [2.45, 2.75) is 31.8 Å². The van der Waals surface area contributed by atoms with Crippen molar-refractivity contribution in [3.8, 4) is 0 Å². The standard InChI is InChI=1S/C16H18N2O3/c1-16(2)9-13(19)17-10-12(15(20)21-3)14(18(16)17)11-7-5-4-6-8-11/h4-8,10,14H,9H2,1-3H3. The summed E-state index contributed by atoms with van der Waals surface area (Å²) in [4.78, 5) is 24.3. The molecule has 1 fully saturated rings. The molecule has 2 aliphatic rings. The highest BCUT2D eigenvalue weighted by Gasteiger charge is 2.52. The molecule has 0 aliphatic carbocycles. The Hall–Kier alpha value is -2.14. The fourth-order valence-electron chi connectivity index (χ4n) is 3.12. The summed E-state index contributed by atoms with van der Waals surface area (Å²) in [5.41, 5.74) is 1.12. The maximum atomic E-state index is 12.2. The molecule has 1 aromatic rings. The van der Waals surface area contributed by atoms with Gasteiger partial charge in [-0.05, 0) is 19.4 Å². The van der Waals surface area contributed by atoms with Crippen LogP contribution in [-0.2, 0) is 14.3 Å². The maximum Gasteiger partial charge on any atom is 0.337 e. The molecule has 1 saturated heterocycles. The Morgan fingerprint density at radius 2 is 1.95 bits per heavy atom. The third-order valence-electron chi connectivity index (χ3n) is 4.03. The van der Waals surface area contributed by atoms with Crippen LogP contribution in [0.2, 0.25) is 0 Å². The Kier molecular flexibility index (Phi) is 3.10. The quantitative estimate of drug-likeness (QED) is 0.781. The molecule has 110 valence electrons. The first kappa shape index (κ1) is 13.8. The van der Waals surface area contributed by atoms with Crippen LogP contribution in [0.25, 0.3) is 0 Å². The fourth-order valence-corrected chi connectivity index (χ4v) is 3.12. The highest BCUT2D eigenvalue weighted by Crippen LogP contribution is 2.46.